The maximum atomic E-state index is 13.7. The van der Waals surface area contributed by atoms with Gasteiger partial charge in [-0.2, -0.15) is 0 Å². The Kier molecular flexibility index (Phi) is 9.11. The first-order chi connectivity index (χ1) is 20.7. The summed E-state index contributed by atoms with van der Waals surface area (Å²) >= 11 is 25.7. The number of aryl methyl sites for hydroxylation is 2. The average Bonchev–Trinajstić information content (AvgIpc) is 3.48. The number of carbonyl (C=O) groups excluding carboxylic acids is 2. The molecule has 0 spiro atoms. The second kappa shape index (κ2) is 12.4. The molecule has 2 atom stereocenters. The fourth-order valence-electron chi connectivity index (χ4n) is 6.58. The van der Waals surface area contributed by atoms with Gasteiger partial charge in [-0.15, -0.1) is 0 Å². The maximum Gasteiger partial charge on any atom is 0.257 e. The topological polar surface area (TPSA) is 110 Å². The van der Waals surface area contributed by atoms with Crippen molar-refractivity contribution in [1.82, 2.24) is 20.9 Å². The van der Waals surface area contributed by atoms with E-state index in [1.54, 1.807) is 50.2 Å². The minimum Gasteiger partial charge on any atom is -0.360 e. The molecule has 1 fully saturated rings. The number of hydrogen-bond acceptors (Lipinski definition) is 6. The van der Waals surface area contributed by atoms with Crippen LogP contribution >= 0.6 is 46.4 Å². The van der Waals surface area contributed by atoms with E-state index in [0.717, 1.165) is 12.8 Å². The van der Waals surface area contributed by atoms with Gasteiger partial charge in [-0.05, 0) is 68.2 Å². The Morgan fingerprint density at radius 3 is 1.73 bits per heavy atom. The molecule has 5 rings (SSSR count). The van der Waals surface area contributed by atoms with E-state index in [4.69, 9.17) is 55.4 Å². The molecular formula is C32H32Cl4N4O4. The Balaban J connectivity index is 1.35. The summed E-state index contributed by atoms with van der Waals surface area (Å²) < 4.78 is 10.8. The van der Waals surface area contributed by atoms with Gasteiger partial charge in [-0.3, -0.25) is 9.59 Å². The third-order valence-electron chi connectivity index (χ3n) is 8.03. The van der Waals surface area contributed by atoms with Gasteiger partial charge in [0.2, 0.25) is 0 Å². The molecule has 2 amide bonds. The third-order valence-corrected chi connectivity index (χ3v) is 9.29. The second-order valence-electron chi connectivity index (χ2n) is 12.5. The van der Waals surface area contributed by atoms with Crippen molar-refractivity contribution in [2.45, 2.75) is 59.9 Å². The molecule has 44 heavy (non-hydrogen) atoms. The van der Waals surface area contributed by atoms with Crippen LogP contribution in [0.1, 0.15) is 72.3 Å². The summed E-state index contributed by atoms with van der Waals surface area (Å²) in [4.78, 5) is 27.3. The Morgan fingerprint density at radius 2 is 1.25 bits per heavy atom. The van der Waals surface area contributed by atoms with Crippen LogP contribution in [-0.4, -0.2) is 34.7 Å². The van der Waals surface area contributed by atoms with Gasteiger partial charge < -0.3 is 19.7 Å². The molecular weight excluding hydrogens is 646 g/mol. The van der Waals surface area contributed by atoms with Crippen molar-refractivity contribution in [3.05, 3.63) is 79.1 Å². The molecule has 0 bridgehead atoms. The van der Waals surface area contributed by atoms with E-state index in [0.29, 0.717) is 61.4 Å². The summed E-state index contributed by atoms with van der Waals surface area (Å²) in [5.74, 6) is 0.0369. The van der Waals surface area contributed by atoms with Gasteiger partial charge >= 0.3 is 0 Å². The molecule has 1 aliphatic carbocycles. The van der Waals surface area contributed by atoms with Crippen molar-refractivity contribution in [1.29, 1.82) is 0 Å². The Labute approximate surface area is 275 Å². The molecule has 0 aliphatic heterocycles. The number of nitrogens with one attached hydrogen (secondary N) is 2. The van der Waals surface area contributed by atoms with Crippen molar-refractivity contribution < 1.29 is 18.6 Å². The number of halogens is 4. The second-order valence-corrected chi connectivity index (χ2v) is 14.2. The standard InChI is InChI=1S/C32H32Cl4N4O4/c1-16-23(27(39-43-16)25-19(33)8-6-9-20(25)34)29(41)37-15-32(5)13-18(12-31(3,4)14-32)38-30(42)24-17(2)44-40-28(24)26-21(35)10-7-11-22(26)36/h6-11,18H,12-15H2,1-5H3,(H,37,41)(H,38,42). The Morgan fingerprint density at radius 1 is 0.795 bits per heavy atom. The molecule has 2 unspecified atom stereocenters. The summed E-state index contributed by atoms with van der Waals surface area (Å²) in [6.07, 6.45) is 2.20. The number of amides is 2. The van der Waals surface area contributed by atoms with Crippen LogP contribution in [0.3, 0.4) is 0 Å². The molecule has 2 aromatic carbocycles. The zero-order chi connectivity index (χ0) is 32.0. The molecule has 12 heteroatoms. The minimum absolute atomic E-state index is 0.127. The maximum absolute atomic E-state index is 13.7. The summed E-state index contributed by atoms with van der Waals surface area (Å²) in [7, 11) is 0. The van der Waals surface area contributed by atoms with Crippen LogP contribution in [0.4, 0.5) is 0 Å². The molecule has 8 nitrogen and oxygen atoms in total. The molecule has 232 valence electrons. The van der Waals surface area contributed by atoms with Crippen LogP contribution in [0.25, 0.3) is 22.5 Å². The van der Waals surface area contributed by atoms with Gasteiger partial charge in [0.15, 0.2) is 0 Å². The highest BCUT2D eigenvalue weighted by molar-refractivity contribution is 6.40. The molecule has 4 aromatic rings. The van der Waals surface area contributed by atoms with E-state index < -0.39 is 0 Å². The number of benzene rings is 2. The number of hydrogen-bond donors (Lipinski definition) is 2. The van der Waals surface area contributed by atoms with E-state index in [9.17, 15) is 9.59 Å². The summed E-state index contributed by atoms with van der Waals surface area (Å²) in [5.41, 5.74) is 1.54. The van der Waals surface area contributed by atoms with Crippen LogP contribution in [0.5, 0.6) is 0 Å². The molecule has 2 N–H and O–H groups in total. The Hall–Kier alpha value is -3.04. The van der Waals surface area contributed by atoms with E-state index in [-0.39, 0.29) is 45.5 Å². The normalized spacial score (nSPS) is 19.5. The van der Waals surface area contributed by atoms with Crippen molar-refractivity contribution in [2.75, 3.05) is 6.54 Å². The predicted molar refractivity (Wildman–Crippen MR) is 173 cm³/mol. The van der Waals surface area contributed by atoms with Crippen LogP contribution < -0.4 is 10.6 Å². The first-order valence-corrected chi connectivity index (χ1v) is 15.6. The molecule has 0 radical (unpaired) electrons. The van der Waals surface area contributed by atoms with Crippen molar-refractivity contribution >= 4 is 58.2 Å². The monoisotopic (exact) mass is 676 g/mol. The summed E-state index contributed by atoms with van der Waals surface area (Å²) in [6.45, 7) is 10.1. The fraction of sp³-hybridized carbons (Fsp3) is 0.375. The lowest BCUT2D eigenvalue weighted by atomic mass is 9.62. The zero-order valence-corrected chi connectivity index (χ0v) is 27.9. The van der Waals surface area contributed by atoms with Crippen molar-refractivity contribution in [3.8, 4) is 22.5 Å². The lowest BCUT2D eigenvalue weighted by Crippen LogP contribution is -2.50. The minimum atomic E-state index is -0.346. The third kappa shape index (κ3) is 6.50. The highest BCUT2D eigenvalue weighted by atomic mass is 35.5. The van der Waals surface area contributed by atoms with Crippen molar-refractivity contribution in [2.24, 2.45) is 10.8 Å². The number of nitrogens with zero attached hydrogens (tertiary/aromatic N) is 2. The number of aromatic nitrogens is 2. The zero-order valence-electron chi connectivity index (χ0n) is 24.9. The van der Waals surface area contributed by atoms with Crippen LogP contribution in [-0.2, 0) is 0 Å². The summed E-state index contributed by atoms with van der Waals surface area (Å²) in [6, 6.07) is 9.99. The van der Waals surface area contributed by atoms with Gasteiger partial charge in [0.05, 0.1) is 20.1 Å². The molecule has 2 aromatic heterocycles. The molecule has 1 aliphatic rings. The molecule has 1 saturated carbocycles. The first-order valence-electron chi connectivity index (χ1n) is 14.1. The Bertz CT molecular complexity index is 1710. The molecule has 0 saturated heterocycles. The van der Waals surface area contributed by atoms with Gasteiger partial charge in [-0.25, -0.2) is 0 Å². The van der Waals surface area contributed by atoms with Gasteiger partial charge in [0.1, 0.15) is 34.0 Å². The van der Waals surface area contributed by atoms with E-state index in [1.807, 2.05) is 0 Å². The average molecular weight is 678 g/mol. The van der Waals surface area contributed by atoms with Crippen molar-refractivity contribution in [3.63, 3.8) is 0 Å². The number of carbonyl (C=O) groups is 2. The highest BCUT2D eigenvalue weighted by Gasteiger charge is 2.42. The smallest absolute Gasteiger partial charge is 0.257 e. The first kappa shape index (κ1) is 32.4. The fourth-order valence-corrected chi connectivity index (χ4v) is 7.73. The predicted octanol–water partition coefficient (Wildman–Crippen LogP) is 8.97. The van der Waals surface area contributed by atoms with Crippen LogP contribution in [0.15, 0.2) is 45.4 Å². The lowest BCUT2D eigenvalue weighted by molar-refractivity contribution is 0.0591. The number of rotatable bonds is 7. The van der Waals surface area contributed by atoms with E-state index in [2.05, 4.69) is 41.7 Å². The van der Waals surface area contributed by atoms with E-state index in [1.165, 1.54) is 0 Å². The van der Waals surface area contributed by atoms with Gasteiger partial charge in [0, 0.05) is 23.7 Å². The largest absolute Gasteiger partial charge is 0.360 e. The highest BCUT2D eigenvalue weighted by Crippen LogP contribution is 2.46. The molecule has 2 heterocycles. The van der Waals surface area contributed by atoms with Gasteiger partial charge in [0.25, 0.3) is 11.8 Å². The van der Waals surface area contributed by atoms with Crippen LogP contribution in [0.2, 0.25) is 20.1 Å². The SMILES string of the molecule is Cc1onc(-c2c(Cl)cccc2Cl)c1C(=O)NCC1(C)CC(NC(=O)c2c(-c3c(Cl)cccc3Cl)noc2C)CC(C)(C)C1. The lowest BCUT2D eigenvalue weighted by Gasteiger charge is -2.47. The summed E-state index contributed by atoms with van der Waals surface area (Å²) in [5, 5.41) is 16.0. The van der Waals surface area contributed by atoms with Crippen LogP contribution in [0, 0.1) is 24.7 Å². The van der Waals surface area contributed by atoms with Gasteiger partial charge in [-0.1, -0.05) is 89.6 Å². The quantitative estimate of drug-likeness (QED) is 0.202. The van der Waals surface area contributed by atoms with E-state index >= 15 is 0 Å².